The zero-order chi connectivity index (χ0) is 20.3. The molecule has 1 aromatic carbocycles. The summed E-state index contributed by atoms with van der Waals surface area (Å²) < 4.78 is 4.94. The molecule has 0 bridgehead atoms. The van der Waals surface area contributed by atoms with Gasteiger partial charge in [-0.2, -0.15) is 0 Å². The molecular formula is C23H37NOSSiTi+. The van der Waals surface area contributed by atoms with E-state index in [-0.39, 0.29) is 34.7 Å². The summed E-state index contributed by atoms with van der Waals surface area (Å²) in [7, 11) is -0.0733. The van der Waals surface area contributed by atoms with Gasteiger partial charge in [-0.1, -0.05) is 88.0 Å². The number of ether oxygens (including phenoxy) is 1. The normalized spacial score (nSPS) is 17.4. The molecule has 5 radical (unpaired) electrons. The SMILES string of the molecule is COc1ccccc1[S-].C[C]1[C](C)[C](C)[C]([Si](C)(C)[N-]C(C)(C)C)[C]1C.[CH3-].[Ti+4]. The second-order valence-corrected chi connectivity index (χ2v) is 12.6. The zero-order valence-corrected chi connectivity index (χ0v) is 23.0. The standard InChI is InChI=1S/C15H27NSi.C7H8OS.CH3.Ti/c1-10-11(2)13(4)14(12(10)3)17(8,9)16-15(5,6)7;1-8-6-4-2-3-5-7(6)9;;/h1-9H3;2-5,9H,1H3;1H3;/q-1;;-1;+4/p-1. The van der Waals surface area contributed by atoms with Crippen molar-refractivity contribution in [2.75, 3.05) is 7.11 Å². The van der Waals surface area contributed by atoms with Crippen LogP contribution in [0, 0.1) is 36.6 Å². The van der Waals surface area contributed by atoms with Crippen LogP contribution in [-0.4, -0.2) is 20.9 Å². The van der Waals surface area contributed by atoms with Crippen molar-refractivity contribution >= 4 is 20.9 Å². The average Bonchev–Trinajstić information content (AvgIpc) is 2.70. The quantitative estimate of drug-likeness (QED) is 0.283. The largest absolute Gasteiger partial charge is 4.00 e. The van der Waals surface area contributed by atoms with E-state index in [1.54, 1.807) is 12.7 Å². The first kappa shape index (κ1) is 30.3. The number of hydrogen-bond acceptors (Lipinski definition) is 2. The van der Waals surface area contributed by atoms with Gasteiger partial charge in [-0.05, 0) is 35.3 Å². The van der Waals surface area contributed by atoms with Gasteiger partial charge in [0, 0.05) is 0 Å². The van der Waals surface area contributed by atoms with Crippen molar-refractivity contribution < 1.29 is 26.5 Å². The maximum Gasteiger partial charge on any atom is 4.00 e. The van der Waals surface area contributed by atoms with Crippen LogP contribution in [0.15, 0.2) is 29.2 Å². The predicted molar refractivity (Wildman–Crippen MR) is 125 cm³/mol. The van der Waals surface area contributed by atoms with Gasteiger partial charge in [0.25, 0.3) is 0 Å². The van der Waals surface area contributed by atoms with Crippen LogP contribution in [0.3, 0.4) is 0 Å². The van der Waals surface area contributed by atoms with Crippen LogP contribution in [0.2, 0.25) is 13.1 Å². The Kier molecular flexibility index (Phi) is 13.1. The summed E-state index contributed by atoms with van der Waals surface area (Å²) in [6, 6.07) is 7.48. The molecule has 5 heteroatoms. The van der Waals surface area contributed by atoms with Crippen LogP contribution in [0.4, 0.5) is 0 Å². The third kappa shape index (κ3) is 8.10. The molecule has 153 valence electrons. The van der Waals surface area contributed by atoms with Gasteiger partial charge in [-0.25, -0.2) is 0 Å². The van der Waals surface area contributed by atoms with Crippen LogP contribution in [0.25, 0.3) is 4.98 Å². The Morgan fingerprint density at radius 1 is 0.893 bits per heavy atom. The summed E-state index contributed by atoms with van der Waals surface area (Å²) in [4.78, 5) is 5.89. The predicted octanol–water partition coefficient (Wildman–Crippen LogP) is 6.92. The topological polar surface area (TPSA) is 23.3 Å². The molecule has 0 atom stereocenters. The van der Waals surface area contributed by atoms with E-state index in [4.69, 9.17) is 22.3 Å². The Morgan fingerprint density at radius 3 is 1.64 bits per heavy atom. The van der Waals surface area contributed by atoms with Gasteiger partial charge in [0.2, 0.25) is 0 Å². The molecule has 28 heavy (non-hydrogen) atoms. The van der Waals surface area contributed by atoms with Crippen molar-refractivity contribution in [1.82, 2.24) is 0 Å². The molecule has 1 aliphatic rings. The van der Waals surface area contributed by atoms with Crippen molar-refractivity contribution in [3.63, 3.8) is 0 Å². The van der Waals surface area contributed by atoms with E-state index >= 15 is 0 Å². The molecule has 0 aromatic heterocycles. The van der Waals surface area contributed by atoms with E-state index in [9.17, 15) is 0 Å². The Balaban J connectivity index is 0. The molecule has 2 nitrogen and oxygen atoms in total. The number of para-hydroxylation sites is 1. The van der Waals surface area contributed by atoms with Gasteiger partial charge in [0.05, 0.1) is 12.9 Å². The van der Waals surface area contributed by atoms with Crippen molar-refractivity contribution in [3.05, 3.63) is 65.9 Å². The molecule has 2 rings (SSSR count). The first-order valence-electron chi connectivity index (χ1n) is 9.09. The smallest absolute Gasteiger partial charge is 0.776 e. The van der Waals surface area contributed by atoms with E-state index < -0.39 is 8.24 Å². The summed E-state index contributed by atoms with van der Waals surface area (Å²) in [5.41, 5.74) is 1.62. The molecule has 1 aliphatic carbocycles. The molecule has 1 aromatic rings. The van der Waals surface area contributed by atoms with Crippen LogP contribution >= 0.6 is 0 Å². The number of nitrogens with zero attached hydrogens (tertiary/aromatic N) is 1. The van der Waals surface area contributed by atoms with Crippen molar-refractivity contribution in [3.8, 4) is 5.75 Å². The maximum atomic E-state index is 5.13. The molecule has 0 N–H and O–H groups in total. The number of hydrogen-bond donors (Lipinski definition) is 0. The third-order valence-corrected chi connectivity index (χ3v) is 8.27. The molecule has 0 unspecified atom stereocenters. The summed E-state index contributed by atoms with van der Waals surface area (Å²) >= 11 is 4.93. The Morgan fingerprint density at radius 2 is 1.32 bits per heavy atom. The maximum absolute atomic E-state index is 5.13. The first-order chi connectivity index (χ1) is 11.8. The number of benzene rings is 1. The first-order valence-corrected chi connectivity index (χ1v) is 12.4. The van der Waals surface area contributed by atoms with Gasteiger partial charge in [0.15, 0.2) is 0 Å². The van der Waals surface area contributed by atoms with Gasteiger partial charge in [0.1, 0.15) is 0 Å². The minimum absolute atomic E-state index is 0. The Labute approximate surface area is 197 Å². The second kappa shape index (κ2) is 12.1. The fraction of sp³-hybridized carbons (Fsp3) is 0.478. The van der Waals surface area contributed by atoms with E-state index in [1.165, 1.54) is 23.7 Å². The van der Waals surface area contributed by atoms with E-state index in [0.717, 1.165) is 10.6 Å². The van der Waals surface area contributed by atoms with Crippen LogP contribution in [0.1, 0.15) is 48.5 Å². The molecule has 0 amide bonds. The summed E-state index contributed by atoms with van der Waals surface area (Å²) in [5.74, 6) is 6.64. The monoisotopic (exact) mass is 451 g/mol. The van der Waals surface area contributed by atoms with Crippen LogP contribution in [0.5, 0.6) is 5.75 Å². The van der Waals surface area contributed by atoms with Crippen LogP contribution < -0.4 is 4.74 Å². The Hall–Kier alpha value is 0.131. The van der Waals surface area contributed by atoms with E-state index in [0.29, 0.717) is 0 Å². The molecule has 0 saturated heterocycles. The summed E-state index contributed by atoms with van der Waals surface area (Å²) in [6.45, 7) is 20.3. The average molecular weight is 452 g/mol. The zero-order valence-electron chi connectivity index (χ0n) is 19.6. The number of rotatable bonds is 3. The third-order valence-electron chi connectivity index (χ3n) is 4.73. The van der Waals surface area contributed by atoms with Crippen molar-refractivity contribution in [2.24, 2.45) is 0 Å². The van der Waals surface area contributed by atoms with Gasteiger partial charge in [-0.15, -0.1) is 10.4 Å². The number of methoxy groups -OCH3 is 1. The molecule has 0 heterocycles. The van der Waals surface area contributed by atoms with E-state index in [2.05, 4.69) is 61.6 Å². The van der Waals surface area contributed by atoms with Gasteiger partial charge >= 0.3 is 21.7 Å². The molecule has 1 fully saturated rings. The minimum Gasteiger partial charge on any atom is -0.776 e. The molecule has 1 saturated carbocycles. The van der Waals surface area contributed by atoms with Crippen molar-refractivity contribution in [1.29, 1.82) is 0 Å². The Bertz CT molecular complexity index is 562. The van der Waals surface area contributed by atoms with Gasteiger partial charge in [-0.3, -0.25) is 0 Å². The van der Waals surface area contributed by atoms with E-state index in [1.807, 2.05) is 24.3 Å². The fourth-order valence-electron chi connectivity index (χ4n) is 3.65. The van der Waals surface area contributed by atoms with Gasteiger partial charge < -0.3 is 29.8 Å². The minimum atomic E-state index is -1.69. The summed E-state index contributed by atoms with van der Waals surface area (Å²) in [6.07, 6.45) is 0. The molecular weight excluding hydrogens is 414 g/mol. The summed E-state index contributed by atoms with van der Waals surface area (Å²) in [5, 5.41) is 0. The fourth-order valence-corrected chi connectivity index (χ4v) is 7.88. The van der Waals surface area contributed by atoms with Crippen molar-refractivity contribution in [2.45, 2.75) is 72.0 Å². The molecule has 0 spiro atoms. The second-order valence-electron chi connectivity index (χ2n) is 8.37. The van der Waals surface area contributed by atoms with Crippen LogP contribution in [-0.2, 0) is 34.3 Å². The molecule has 0 aliphatic heterocycles.